The van der Waals surface area contributed by atoms with Crippen LogP contribution in [0.15, 0.2) is 11.1 Å². The summed E-state index contributed by atoms with van der Waals surface area (Å²) in [5, 5.41) is 17.3. The van der Waals surface area contributed by atoms with Crippen LogP contribution in [0.2, 0.25) is 0 Å². The van der Waals surface area contributed by atoms with Crippen molar-refractivity contribution in [3.63, 3.8) is 0 Å². The number of hydrogen-bond acceptors (Lipinski definition) is 2. The molecule has 0 heterocycles. The fraction of sp³-hybridized carbons (Fsp3) is 0.571. The van der Waals surface area contributed by atoms with Crippen LogP contribution in [0.25, 0.3) is 0 Å². The van der Waals surface area contributed by atoms with Crippen molar-refractivity contribution >= 4 is 15.9 Å². The summed E-state index contributed by atoms with van der Waals surface area (Å²) in [6, 6.07) is 1.97. The monoisotopic (exact) mass is 203 g/mol. The number of aliphatic hydroxyl groups is 1. The van der Waals surface area contributed by atoms with Crippen molar-refractivity contribution in [2.24, 2.45) is 0 Å². The van der Waals surface area contributed by atoms with Crippen LogP contribution < -0.4 is 0 Å². The van der Waals surface area contributed by atoms with Gasteiger partial charge in [-0.3, -0.25) is 0 Å². The zero-order chi connectivity index (χ0) is 7.98. The van der Waals surface area contributed by atoms with E-state index >= 15 is 0 Å². The van der Waals surface area contributed by atoms with Crippen molar-refractivity contribution in [3.05, 3.63) is 11.1 Å². The quantitative estimate of drug-likeness (QED) is 0.760. The van der Waals surface area contributed by atoms with Crippen molar-refractivity contribution in [1.82, 2.24) is 0 Å². The maximum Gasteiger partial charge on any atom is 0.0622 e. The first-order valence-corrected chi connectivity index (χ1v) is 3.84. The molecule has 56 valence electrons. The largest absolute Gasteiger partial charge is 0.393 e. The Balaban J connectivity index is 3.36. The minimum atomic E-state index is -0.425. The predicted octanol–water partition coefficient (Wildman–Crippen LogP) is 1.95. The molecule has 0 aliphatic heterocycles. The first kappa shape index (κ1) is 9.67. The van der Waals surface area contributed by atoms with Crippen LogP contribution in [-0.2, 0) is 0 Å². The number of rotatable bonds is 4. The van der Waals surface area contributed by atoms with E-state index in [9.17, 15) is 0 Å². The van der Waals surface area contributed by atoms with Crippen LogP contribution >= 0.6 is 15.9 Å². The normalized spacial score (nSPS) is 12.1. The molecule has 0 aromatic carbocycles. The third-order valence-electron chi connectivity index (χ3n) is 1.05. The second-order valence-electron chi connectivity index (χ2n) is 2.07. The fourth-order valence-corrected chi connectivity index (χ4v) is 0.963. The summed E-state index contributed by atoms with van der Waals surface area (Å²) in [6.45, 7) is 3.58. The van der Waals surface area contributed by atoms with E-state index in [0.29, 0.717) is 19.3 Å². The van der Waals surface area contributed by atoms with Crippen LogP contribution in [0.3, 0.4) is 0 Å². The van der Waals surface area contributed by atoms with Gasteiger partial charge in [0, 0.05) is 12.8 Å². The second kappa shape index (κ2) is 5.45. The summed E-state index contributed by atoms with van der Waals surface area (Å²) in [4.78, 5) is 0. The highest BCUT2D eigenvalue weighted by Crippen LogP contribution is 2.12. The van der Waals surface area contributed by atoms with Crippen LogP contribution in [0, 0.1) is 11.3 Å². The van der Waals surface area contributed by atoms with Crippen LogP contribution in [0.4, 0.5) is 0 Å². The molecule has 0 aliphatic carbocycles. The molecule has 0 aromatic rings. The van der Waals surface area contributed by atoms with Crippen molar-refractivity contribution in [3.8, 4) is 6.07 Å². The molecule has 0 saturated carbocycles. The molecule has 0 rings (SSSR count). The van der Waals surface area contributed by atoms with Gasteiger partial charge in [0.05, 0.1) is 12.2 Å². The van der Waals surface area contributed by atoms with Gasteiger partial charge < -0.3 is 5.11 Å². The molecule has 0 bridgehead atoms. The molecular weight excluding hydrogens is 194 g/mol. The minimum absolute atomic E-state index is 0.404. The molecule has 0 amide bonds. The molecule has 3 heteroatoms. The summed E-state index contributed by atoms with van der Waals surface area (Å²) in [6.07, 6.45) is 1.04. The number of aliphatic hydroxyl groups excluding tert-OH is 1. The molecule has 0 fully saturated rings. The molecule has 1 N–H and O–H groups in total. The molecule has 10 heavy (non-hydrogen) atoms. The molecule has 0 radical (unpaired) electrons. The lowest BCUT2D eigenvalue weighted by Crippen LogP contribution is -2.04. The van der Waals surface area contributed by atoms with Crippen molar-refractivity contribution in [1.29, 1.82) is 5.26 Å². The van der Waals surface area contributed by atoms with Gasteiger partial charge in [-0.2, -0.15) is 5.26 Å². The fourth-order valence-electron chi connectivity index (χ4n) is 0.589. The highest BCUT2D eigenvalue weighted by Gasteiger charge is 2.03. The average Bonchev–Trinajstić information content (AvgIpc) is 1.82. The Labute approximate surface area is 69.3 Å². The lowest BCUT2D eigenvalue weighted by Gasteiger charge is -2.05. The van der Waals surface area contributed by atoms with E-state index in [0.717, 1.165) is 4.48 Å². The van der Waals surface area contributed by atoms with E-state index in [1.807, 2.05) is 6.07 Å². The van der Waals surface area contributed by atoms with Gasteiger partial charge in [-0.15, -0.1) is 0 Å². The van der Waals surface area contributed by atoms with Crippen molar-refractivity contribution in [2.45, 2.75) is 25.4 Å². The van der Waals surface area contributed by atoms with Gasteiger partial charge in [0.2, 0.25) is 0 Å². The second-order valence-corrected chi connectivity index (χ2v) is 3.19. The first-order chi connectivity index (χ1) is 4.66. The van der Waals surface area contributed by atoms with Gasteiger partial charge in [0.15, 0.2) is 0 Å². The van der Waals surface area contributed by atoms with E-state index in [-0.39, 0.29) is 0 Å². The van der Waals surface area contributed by atoms with Gasteiger partial charge in [-0.25, -0.2) is 0 Å². The lowest BCUT2D eigenvalue weighted by molar-refractivity contribution is 0.169. The minimum Gasteiger partial charge on any atom is -0.393 e. The first-order valence-electron chi connectivity index (χ1n) is 3.05. The zero-order valence-electron chi connectivity index (χ0n) is 5.68. The Morgan fingerprint density at radius 2 is 2.40 bits per heavy atom. The lowest BCUT2D eigenvalue weighted by atomic mass is 10.1. The highest BCUT2D eigenvalue weighted by molar-refractivity contribution is 9.11. The maximum atomic E-state index is 9.11. The third-order valence-corrected chi connectivity index (χ3v) is 1.37. The Kier molecular flexibility index (Phi) is 5.27. The predicted molar refractivity (Wildman–Crippen MR) is 43.5 cm³/mol. The van der Waals surface area contributed by atoms with Gasteiger partial charge in [0.25, 0.3) is 0 Å². The smallest absolute Gasteiger partial charge is 0.0622 e. The summed E-state index contributed by atoms with van der Waals surface area (Å²) < 4.78 is 0.776. The molecule has 0 aliphatic rings. The standard InChI is InChI=1S/C7H10BrNO/c1-6(8)5-7(10)3-2-4-9/h7,10H,1-3,5H2. The highest BCUT2D eigenvalue weighted by atomic mass is 79.9. The molecule has 0 spiro atoms. The third kappa shape index (κ3) is 5.80. The molecule has 1 unspecified atom stereocenters. The van der Waals surface area contributed by atoms with Crippen molar-refractivity contribution in [2.75, 3.05) is 0 Å². The van der Waals surface area contributed by atoms with E-state index in [4.69, 9.17) is 10.4 Å². The molecule has 2 nitrogen and oxygen atoms in total. The Hall–Kier alpha value is -0.330. The van der Waals surface area contributed by atoms with E-state index < -0.39 is 6.10 Å². The van der Waals surface area contributed by atoms with Gasteiger partial charge in [-0.1, -0.05) is 22.5 Å². The molecule has 0 saturated heterocycles. The molecule has 0 aromatic heterocycles. The Morgan fingerprint density at radius 1 is 1.80 bits per heavy atom. The SMILES string of the molecule is C=C(Br)CC(O)CCC#N. The maximum absolute atomic E-state index is 9.11. The van der Waals surface area contributed by atoms with Crippen LogP contribution in [-0.4, -0.2) is 11.2 Å². The molecule has 1 atom stereocenters. The van der Waals surface area contributed by atoms with Gasteiger partial charge >= 0.3 is 0 Å². The number of halogens is 1. The summed E-state index contributed by atoms with van der Waals surface area (Å²) in [5.74, 6) is 0. The molecular formula is C7H10BrNO. The van der Waals surface area contributed by atoms with E-state index in [1.165, 1.54) is 0 Å². The van der Waals surface area contributed by atoms with E-state index in [2.05, 4.69) is 22.5 Å². The van der Waals surface area contributed by atoms with Crippen LogP contribution in [0.5, 0.6) is 0 Å². The Morgan fingerprint density at radius 3 is 2.80 bits per heavy atom. The number of hydrogen-bond donors (Lipinski definition) is 1. The number of nitriles is 1. The average molecular weight is 204 g/mol. The number of nitrogens with zero attached hydrogens (tertiary/aromatic N) is 1. The van der Waals surface area contributed by atoms with Crippen molar-refractivity contribution < 1.29 is 5.11 Å². The van der Waals surface area contributed by atoms with E-state index in [1.54, 1.807) is 0 Å². The summed E-state index contributed by atoms with van der Waals surface area (Å²) in [7, 11) is 0. The topological polar surface area (TPSA) is 44.0 Å². The van der Waals surface area contributed by atoms with Gasteiger partial charge in [0.1, 0.15) is 0 Å². The Bertz CT molecular complexity index is 150. The summed E-state index contributed by atoms with van der Waals surface area (Å²) in [5.41, 5.74) is 0. The zero-order valence-corrected chi connectivity index (χ0v) is 7.26. The van der Waals surface area contributed by atoms with Gasteiger partial charge in [-0.05, 0) is 10.9 Å². The summed E-state index contributed by atoms with van der Waals surface area (Å²) >= 11 is 3.13. The van der Waals surface area contributed by atoms with Crippen LogP contribution in [0.1, 0.15) is 19.3 Å².